The molecule has 9 heavy (non-hydrogen) atoms. The van der Waals surface area contributed by atoms with Gasteiger partial charge in [-0.1, -0.05) is 0 Å². The van der Waals surface area contributed by atoms with Crippen molar-refractivity contribution in [2.24, 2.45) is 0 Å². The maximum atomic E-state index is 10.5. The second kappa shape index (κ2) is 2.20. The van der Waals surface area contributed by atoms with Crippen molar-refractivity contribution >= 4 is 24.8 Å². The van der Waals surface area contributed by atoms with Gasteiger partial charge in [0.05, 0.1) is 12.3 Å². The summed E-state index contributed by atoms with van der Waals surface area (Å²) in [6.45, 7) is 0. The molecule has 0 radical (unpaired) electrons. The van der Waals surface area contributed by atoms with Gasteiger partial charge < -0.3 is 17.1 Å². The smallest absolute Gasteiger partial charge is 0.408 e. The Hall–Kier alpha value is -0.810. The minimum Gasteiger partial charge on any atom is -0.479 e. The zero-order valence-corrected chi connectivity index (χ0v) is 5.20. The van der Waals surface area contributed by atoms with Crippen LogP contribution in [0.25, 0.3) is 0 Å². The molecule has 0 aromatic heterocycles. The lowest BCUT2D eigenvalue weighted by molar-refractivity contribution is -0.591. The Morgan fingerprint density at radius 3 is 2.67 bits per heavy atom. The van der Waals surface area contributed by atoms with Crippen molar-refractivity contribution in [2.45, 2.75) is 0 Å². The van der Waals surface area contributed by atoms with E-state index in [1.54, 1.807) is 0 Å². The molecule has 0 aromatic rings. The molecule has 0 saturated heterocycles. The molecule has 0 bridgehead atoms. The van der Waals surface area contributed by atoms with Crippen LogP contribution in [-0.4, -0.2) is 11.9 Å². The second-order valence-electron chi connectivity index (χ2n) is 1.52. The lowest BCUT2D eigenvalue weighted by Crippen LogP contribution is -3.08. The predicted molar refractivity (Wildman–Crippen MR) is 31.0 cm³/mol. The van der Waals surface area contributed by atoms with E-state index in [0.29, 0.717) is 0 Å². The zero-order valence-electron chi connectivity index (χ0n) is 4.38. The number of rotatable bonds is 0. The first-order valence-corrected chi connectivity index (χ1v) is 2.68. The van der Waals surface area contributed by atoms with Gasteiger partial charge in [0.2, 0.25) is 0 Å². The highest BCUT2D eigenvalue weighted by Gasteiger charge is 2.14. The summed E-state index contributed by atoms with van der Waals surface area (Å²) in [7, 11) is 0. The van der Waals surface area contributed by atoms with Gasteiger partial charge in [-0.3, -0.25) is 4.79 Å². The zero-order chi connectivity index (χ0) is 6.85. The van der Waals surface area contributed by atoms with Gasteiger partial charge in [0, 0.05) is 0 Å². The van der Waals surface area contributed by atoms with E-state index in [-0.39, 0.29) is 4.31 Å². The number of nitrogens with one attached hydrogen (secondary N) is 2. The number of urea groups is 1. The van der Waals surface area contributed by atoms with E-state index in [1.807, 2.05) is 5.32 Å². The molecule has 1 atom stereocenters. The number of quaternary nitrogens is 1. The third kappa shape index (κ3) is 1.30. The maximum Gasteiger partial charge on any atom is 0.408 e. The van der Waals surface area contributed by atoms with Gasteiger partial charge in [0.1, 0.15) is 0 Å². The first-order valence-electron chi connectivity index (χ1n) is 2.27. The van der Waals surface area contributed by atoms with E-state index in [2.05, 4.69) is 12.8 Å². The van der Waals surface area contributed by atoms with E-state index in [4.69, 9.17) is 0 Å². The summed E-state index contributed by atoms with van der Waals surface area (Å²) < 4.78 is 0.148. The van der Waals surface area contributed by atoms with Crippen LogP contribution in [0.5, 0.6) is 0 Å². The molecule has 1 unspecified atom stereocenters. The van der Waals surface area contributed by atoms with Crippen LogP contribution in [0.4, 0.5) is 4.79 Å². The molecule has 0 saturated carbocycles. The lowest BCUT2D eigenvalue weighted by Gasteiger charge is -2.17. The van der Waals surface area contributed by atoms with Crippen molar-refractivity contribution in [1.82, 2.24) is 5.32 Å². The SMILES string of the molecule is O=C1C=C[NH+]([S-])C(=O)N1. The van der Waals surface area contributed by atoms with E-state index >= 15 is 0 Å². The van der Waals surface area contributed by atoms with Crippen LogP contribution in [-0.2, 0) is 17.6 Å². The molecule has 48 valence electrons. The average Bonchev–Trinajstić information content (AvgIpc) is 1.80. The number of imide groups is 1. The first kappa shape index (κ1) is 6.31. The van der Waals surface area contributed by atoms with E-state index in [0.717, 1.165) is 0 Å². The maximum absolute atomic E-state index is 10.5. The summed E-state index contributed by atoms with van der Waals surface area (Å²) in [5.41, 5.74) is 0. The Bertz CT molecular complexity index is 189. The van der Waals surface area contributed by atoms with Crippen molar-refractivity contribution in [1.29, 1.82) is 0 Å². The topological polar surface area (TPSA) is 50.6 Å². The molecule has 3 amide bonds. The van der Waals surface area contributed by atoms with E-state index in [1.165, 1.54) is 12.3 Å². The predicted octanol–water partition coefficient (Wildman–Crippen LogP) is -1.90. The highest BCUT2D eigenvalue weighted by atomic mass is 32.1. The molecule has 0 spiro atoms. The molecule has 5 heteroatoms. The van der Waals surface area contributed by atoms with Crippen LogP contribution >= 0.6 is 0 Å². The third-order valence-electron chi connectivity index (χ3n) is 0.847. The average molecular weight is 144 g/mol. The first-order chi connectivity index (χ1) is 4.20. The van der Waals surface area contributed by atoms with Crippen molar-refractivity contribution in [3.63, 3.8) is 0 Å². The standard InChI is InChI=1S/C4H4N2O2S/c7-3-1-2-6(9)4(8)5-3/h1-2,6H,(H,5,7,8). The Labute approximate surface area is 57.1 Å². The molecule has 4 nitrogen and oxygen atoms in total. The van der Waals surface area contributed by atoms with Gasteiger partial charge in [-0.25, -0.2) is 10.1 Å². The molecule has 1 aliphatic heterocycles. The minimum absolute atomic E-state index is 0.148. The van der Waals surface area contributed by atoms with Crippen molar-refractivity contribution in [3.8, 4) is 0 Å². The highest BCUT2D eigenvalue weighted by Crippen LogP contribution is 1.72. The molecule has 1 aliphatic rings. The number of hydrogen-bond donors (Lipinski definition) is 2. The molecular formula is C4H4N2O2S. The second-order valence-corrected chi connectivity index (χ2v) is 1.96. The Kier molecular flexibility index (Phi) is 1.54. The highest BCUT2D eigenvalue weighted by molar-refractivity contribution is 7.51. The summed E-state index contributed by atoms with van der Waals surface area (Å²) >= 11 is 4.53. The Morgan fingerprint density at radius 2 is 2.22 bits per heavy atom. The van der Waals surface area contributed by atoms with Gasteiger partial charge in [0.15, 0.2) is 0 Å². The third-order valence-corrected chi connectivity index (χ3v) is 1.17. The summed E-state index contributed by atoms with van der Waals surface area (Å²) in [5.74, 6) is -0.409. The largest absolute Gasteiger partial charge is 0.479 e. The summed E-state index contributed by atoms with van der Waals surface area (Å²) in [5, 5.41) is 2.02. The molecule has 0 fully saturated rings. The lowest BCUT2D eigenvalue weighted by atomic mass is 10.5. The molecule has 0 aliphatic carbocycles. The van der Waals surface area contributed by atoms with Gasteiger partial charge >= 0.3 is 6.03 Å². The van der Waals surface area contributed by atoms with Crippen molar-refractivity contribution in [2.75, 3.05) is 0 Å². The molecular weight excluding hydrogens is 140 g/mol. The fourth-order valence-corrected chi connectivity index (χ4v) is 0.561. The van der Waals surface area contributed by atoms with Crippen molar-refractivity contribution in [3.05, 3.63) is 12.3 Å². The van der Waals surface area contributed by atoms with Crippen LogP contribution < -0.4 is 9.62 Å². The number of hydrogen-bond acceptors (Lipinski definition) is 3. The van der Waals surface area contributed by atoms with Crippen LogP contribution in [0.15, 0.2) is 12.3 Å². The molecule has 2 N–H and O–H groups in total. The Balaban J connectivity index is 2.76. The van der Waals surface area contributed by atoms with E-state index < -0.39 is 11.9 Å². The normalized spacial score (nSPS) is 26.1. The van der Waals surface area contributed by atoms with Crippen LogP contribution in [0.1, 0.15) is 0 Å². The number of carbonyl (C=O) groups excluding carboxylic acids is 2. The van der Waals surface area contributed by atoms with Gasteiger partial charge in [-0.2, -0.15) is 0 Å². The van der Waals surface area contributed by atoms with Crippen LogP contribution in [0, 0.1) is 0 Å². The molecule has 0 aromatic carbocycles. The van der Waals surface area contributed by atoms with E-state index in [9.17, 15) is 9.59 Å². The number of amides is 3. The summed E-state index contributed by atoms with van der Waals surface area (Å²) in [6, 6.07) is -0.488. The quantitative estimate of drug-likeness (QED) is 0.390. The summed E-state index contributed by atoms with van der Waals surface area (Å²) in [4.78, 5) is 20.8. The van der Waals surface area contributed by atoms with Crippen molar-refractivity contribution < 1.29 is 13.9 Å². The van der Waals surface area contributed by atoms with Gasteiger partial charge in [-0.05, 0) is 0 Å². The van der Waals surface area contributed by atoms with Gasteiger partial charge in [0.25, 0.3) is 5.91 Å². The van der Waals surface area contributed by atoms with Crippen LogP contribution in [0.2, 0.25) is 0 Å². The molecule has 1 rings (SSSR count). The van der Waals surface area contributed by atoms with Crippen LogP contribution in [0.3, 0.4) is 0 Å². The Morgan fingerprint density at radius 1 is 1.56 bits per heavy atom. The minimum atomic E-state index is -0.488. The molecule has 1 heterocycles. The van der Waals surface area contributed by atoms with Gasteiger partial charge in [-0.15, -0.1) is 0 Å². The summed E-state index contributed by atoms with van der Waals surface area (Å²) in [6.07, 6.45) is 2.54. The number of carbonyl (C=O) groups is 2. The fourth-order valence-electron chi connectivity index (χ4n) is 0.442. The fraction of sp³-hybridized carbons (Fsp3) is 0. The monoisotopic (exact) mass is 144 g/mol.